The molecule has 0 saturated heterocycles. The number of carbonyl (C=O) groups is 2. The number of aromatic nitrogens is 2. The van der Waals surface area contributed by atoms with Crippen molar-refractivity contribution in [3.63, 3.8) is 0 Å². The Hall–Kier alpha value is -3.48. The summed E-state index contributed by atoms with van der Waals surface area (Å²) in [7, 11) is 0. The topological polar surface area (TPSA) is 89.8 Å². The maximum atomic E-state index is 12.1. The maximum Gasteiger partial charge on any atom is 0.325 e. The van der Waals surface area contributed by atoms with Gasteiger partial charge >= 0.3 is 5.97 Å². The van der Waals surface area contributed by atoms with Crippen LogP contribution in [0, 0.1) is 6.92 Å². The van der Waals surface area contributed by atoms with Crippen LogP contribution in [0.25, 0.3) is 5.65 Å². The van der Waals surface area contributed by atoms with E-state index in [1.165, 1.54) is 10.5 Å². The highest BCUT2D eigenvalue weighted by Gasteiger charge is 2.09. The van der Waals surface area contributed by atoms with Gasteiger partial charge in [-0.25, -0.2) is 4.98 Å². The number of hydrogen-bond donors (Lipinski definition) is 1. The molecular weight excluding hydrogens is 346 g/mol. The molecule has 0 spiro atoms. The molecule has 1 amide bonds. The molecule has 138 valence electrons. The maximum absolute atomic E-state index is 12.1. The fourth-order valence-corrected chi connectivity index (χ4v) is 2.55. The summed E-state index contributed by atoms with van der Waals surface area (Å²) in [6.45, 7) is 1.53. The van der Waals surface area contributed by atoms with Crippen LogP contribution in [-0.2, 0) is 27.4 Å². The molecule has 0 unspecified atom stereocenters. The van der Waals surface area contributed by atoms with Crippen LogP contribution in [0.3, 0.4) is 0 Å². The van der Waals surface area contributed by atoms with Crippen LogP contribution in [-0.4, -0.2) is 27.8 Å². The molecule has 0 fully saturated rings. The van der Waals surface area contributed by atoms with Gasteiger partial charge in [0, 0.05) is 12.3 Å². The number of nitrogens with zero attached hydrogens (tertiary/aromatic N) is 2. The van der Waals surface area contributed by atoms with Crippen molar-refractivity contribution in [2.24, 2.45) is 0 Å². The second-order valence-corrected chi connectivity index (χ2v) is 6.12. The number of aryl methyl sites for hydroxylation is 1. The minimum atomic E-state index is -0.595. The van der Waals surface area contributed by atoms with E-state index in [2.05, 4.69) is 10.3 Å². The molecule has 1 N–H and O–H groups in total. The SMILES string of the molecule is Cc1ccn2c(=O)cc(COC(=O)CNC(=O)Cc3ccccc3)nc2c1. The highest BCUT2D eigenvalue weighted by molar-refractivity contribution is 5.83. The number of ether oxygens (including phenoxy) is 1. The lowest BCUT2D eigenvalue weighted by Crippen LogP contribution is -2.31. The van der Waals surface area contributed by atoms with E-state index in [4.69, 9.17) is 4.74 Å². The zero-order valence-corrected chi connectivity index (χ0v) is 14.8. The molecule has 3 rings (SSSR count). The summed E-state index contributed by atoms with van der Waals surface area (Å²) in [5.41, 5.74) is 2.43. The first-order valence-electron chi connectivity index (χ1n) is 8.46. The first-order chi connectivity index (χ1) is 13.0. The molecule has 2 aromatic heterocycles. The van der Waals surface area contributed by atoms with Crippen LogP contribution < -0.4 is 10.9 Å². The van der Waals surface area contributed by atoms with Crippen LogP contribution in [0.1, 0.15) is 16.8 Å². The van der Waals surface area contributed by atoms with Gasteiger partial charge in [0.15, 0.2) is 0 Å². The molecular formula is C20H19N3O4. The number of nitrogens with one attached hydrogen (secondary N) is 1. The average molecular weight is 365 g/mol. The van der Waals surface area contributed by atoms with E-state index in [1.54, 1.807) is 12.3 Å². The summed E-state index contributed by atoms with van der Waals surface area (Å²) >= 11 is 0. The number of carbonyl (C=O) groups excluding carboxylic acids is 2. The zero-order chi connectivity index (χ0) is 19.2. The largest absolute Gasteiger partial charge is 0.458 e. The summed E-state index contributed by atoms with van der Waals surface area (Å²) in [5.74, 6) is -0.863. The van der Waals surface area contributed by atoms with Gasteiger partial charge in [-0.1, -0.05) is 30.3 Å². The Balaban J connectivity index is 1.52. The smallest absolute Gasteiger partial charge is 0.325 e. The van der Waals surface area contributed by atoms with Crippen LogP contribution in [0.15, 0.2) is 59.5 Å². The summed E-state index contributed by atoms with van der Waals surface area (Å²) in [6.07, 6.45) is 1.84. The molecule has 0 saturated carbocycles. The number of amides is 1. The monoisotopic (exact) mass is 365 g/mol. The van der Waals surface area contributed by atoms with Gasteiger partial charge in [-0.15, -0.1) is 0 Å². The van der Waals surface area contributed by atoms with E-state index in [0.717, 1.165) is 11.1 Å². The number of fused-ring (bicyclic) bond motifs is 1. The second-order valence-electron chi connectivity index (χ2n) is 6.12. The molecule has 0 radical (unpaired) electrons. The summed E-state index contributed by atoms with van der Waals surface area (Å²) in [5, 5.41) is 2.52. The fourth-order valence-electron chi connectivity index (χ4n) is 2.55. The van der Waals surface area contributed by atoms with Gasteiger partial charge in [0.25, 0.3) is 5.56 Å². The average Bonchev–Trinajstić information content (AvgIpc) is 2.65. The van der Waals surface area contributed by atoms with Crippen LogP contribution in [0.5, 0.6) is 0 Å². The standard InChI is InChI=1S/C20H19N3O4/c1-14-7-8-23-17(9-14)22-16(11-19(23)25)13-27-20(26)12-21-18(24)10-15-5-3-2-4-6-15/h2-9,11H,10,12-13H2,1H3,(H,21,24). The molecule has 7 heteroatoms. The molecule has 0 aliphatic rings. The molecule has 2 heterocycles. The molecule has 3 aromatic rings. The van der Waals surface area contributed by atoms with E-state index < -0.39 is 5.97 Å². The van der Waals surface area contributed by atoms with Gasteiger partial charge in [-0.05, 0) is 30.2 Å². The Bertz CT molecular complexity index is 1030. The van der Waals surface area contributed by atoms with Crippen molar-refractivity contribution in [3.05, 3.63) is 81.9 Å². The van der Waals surface area contributed by atoms with Gasteiger partial charge in [-0.2, -0.15) is 0 Å². The predicted octanol–water partition coefficient (Wildman–Crippen LogP) is 1.41. The molecule has 0 bridgehead atoms. The van der Waals surface area contributed by atoms with E-state index in [1.807, 2.05) is 43.3 Å². The van der Waals surface area contributed by atoms with Crippen molar-refractivity contribution in [1.29, 1.82) is 0 Å². The lowest BCUT2D eigenvalue weighted by Gasteiger charge is -2.08. The number of esters is 1. The number of rotatable bonds is 6. The normalized spacial score (nSPS) is 10.6. The van der Waals surface area contributed by atoms with Crippen molar-refractivity contribution in [2.45, 2.75) is 20.0 Å². The molecule has 0 atom stereocenters. The minimum absolute atomic E-state index is 0.132. The number of pyridine rings is 1. The van der Waals surface area contributed by atoms with Gasteiger partial charge in [0.2, 0.25) is 5.91 Å². The van der Waals surface area contributed by atoms with Gasteiger partial charge < -0.3 is 10.1 Å². The summed E-state index contributed by atoms with van der Waals surface area (Å²) in [6, 6.07) is 14.1. The van der Waals surface area contributed by atoms with Crippen molar-refractivity contribution in [3.8, 4) is 0 Å². The predicted molar refractivity (Wildman–Crippen MR) is 99.2 cm³/mol. The second kappa shape index (κ2) is 8.27. The Labute approximate surface area is 155 Å². The van der Waals surface area contributed by atoms with E-state index in [9.17, 15) is 14.4 Å². The Morgan fingerprint density at radius 3 is 2.70 bits per heavy atom. The number of benzene rings is 1. The van der Waals surface area contributed by atoms with Crippen LogP contribution >= 0.6 is 0 Å². The molecule has 0 aliphatic heterocycles. The quantitative estimate of drug-likeness (QED) is 0.667. The van der Waals surface area contributed by atoms with Crippen LogP contribution in [0.2, 0.25) is 0 Å². The first-order valence-corrected chi connectivity index (χ1v) is 8.46. The van der Waals surface area contributed by atoms with Crippen molar-refractivity contribution >= 4 is 17.5 Å². The van der Waals surface area contributed by atoms with Gasteiger partial charge in [-0.3, -0.25) is 18.8 Å². The van der Waals surface area contributed by atoms with Crippen molar-refractivity contribution in [1.82, 2.24) is 14.7 Å². The minimum Gasteiger partial charge on any atom is -0.458 e. The third-order valence-electron chi connectivity index (χ3n) is 3.89. The lowest BCUT2D eigenvalue weighted by molar-refractivity contribution is -0.145. The zero-order valence-electron chi connectivity index (χ0n) is 14.8. The summed E-state index contributed by atoms with van der Waals surface area (Å²) in [4.78, 5) is 40.1. The fraction of sp³-hybridized carbons (Fsp3) is 0.200. The third-order valence-corrected chi connectivity index (χ3v) is 3.89. The molecule has 7 nitrogen and oxygen atoms in total. The van der Waals surface area contributed by atoms with E-state index >= 15 is 0 Å². The summed E-state index contributed by atoms with van der Waals surface area (Å²) < 4.78 is 6.52. The third kappa shape index (κ3) is 5.01. The highest BCUT2D eigenvalue weighted by atomic mass is 16.5. The molecule has 0 aliphatic carbocycles. The van der Waals surface area contributed by atoms with E-state index in [-0.39, 0.29) is 31.0 Å². The first kappa shape index (κ1) is 18.3. The van der Waals surface area contributed by atoms with Gasteiger partial charge in [0.1, 0.15) is 18.8 Å². The Morgan fingerprint density at radius 2 is 1.93 bits per heavy atom. The van der Waals surface area contributed by atoms with Crippen molar-refractivity contribution in [2.75, 3.05) is 6.54 Å². The Morgan fingerprint density at radius 1 is 1.15 bits per heavy atom. The van der Waals surface area contributed by atoms with E-state index in [0.29, 0.717) is 11.3 Å². The number of hydrogen-bond acceptors (Lipinski definition) is 5. The highest BCUT2D eigenvalue weighted by Crippen LogP contribution is 2.04. The molecule has 1 aromatic carbocycles. The van der Waals surface area contributed by atoms with Crippen LogP contribution in [0.4, 0.5) is 0 Å². The molecule has 27 heavy (non-hydrogen) atoms. The van der Waals surface area contributed by atoms with Crippen molar-refractivity contribution < 1.29 is 14.3 Å². The lowest BCUT2D eigenvalue weighted by atomic mass is 10.1. The Kier molecular flexibility index (Phi) is 5.61. The van der Waals surface area contributed by atoms with Gasteiger partial charge in [0.05, 0.1) is 12.1 Å².